The van der Waals surface area contributed by atoms with Gasteiger partial charge in [-0.25, -0.2) is 4.39 Å². The number of rotatable bonds is 5. The number of ether oxygens (including phenoxy) is 1. The summed E-state index contributed by atoms with van der Waals surface area (Å²) in [6.45, 7) is 5.05. The van der Waals surface area contributed by atoms with Gasteiger partial charge in [0.1, 0.15) is 6.61 Å². The van der Waals surface area contributed by atoms with Crippen LogP contribution in [0, 0.1) is 19.7 Å². The Kier molecular flexibility index (Phi) is 4.74. The molecule has 1 N–H and O–H groups in total. The molecule has 0 aliphatic rings. The summed E-state index contributed by atoms with van der Waals surface area (Å²) in [5, 5.41) is 3.02. The van der Waals surface area contributed by atoms with Crippen LogP contribution < -0.4 is 10.1 Å². The third kappa shape index (κ3) is 3.58. The normalized spacial score (nSPS) is 10.6. The van der Waals surface area contributed by atoms with Crippen molar-refractivity contribution in [2.24, 2.45) is 0 Å². The zero-order valence-electron chi connectivity index (χ0n) is 12.2. The zero-order chi connectivity index (χ0) is 14.5. The van der Waals surface area contributed by atoms with Crippen LogP contribution >= 0.6 is 0 Å². The van der Waals surface area contributed by atoms with Crippen LogP contribution in [0.2, 0.25) is 0 Å². The number of aryl methyl sites for hydroxylation is 2. The van der Waals surface area contributed by atoms with E-state index in [0.29, 0.717) is 18.9 Å². The van der Waals surface area contributed by atoms with Crippen molar-refractivity contribution < 1.29 is 9.13 Å². The van der Waals surface area contributed by atoms with Crippen molar-refractivity contribution in [2.45, 2.75) is 27.0 Å². The molecule has 2 aromatic rings. The first-order valence-electron chi connectivity index (χ1n) is 6.72. The van der Waals surface area contributed by atoms with Crippen molar-refractivity contribution in [3.8, 4) is 5.75 Å². The SMILES string of the molecule is CNCc1cccc(F)c1OCc1cc(C)cc(C)c1. The average molecular weight is 273 g/mol. The summed E-state index contributed by atoms with van der Waals surface area (Å²) in [4.78, 5) is 0. The minimum absolute atomic E-state index is 0.317. The molecule has 0 saturated carbocycles. The second-order valence-electron chi connectivity index (χ2n) is 5.04. The summed E-state index contributed by atoms with van der Waals surface area (Å²) in [5.74, 6) is 0.0168. The minimum atomic E-state index is -0.317. The Bertz CT molecular complexity index is 575. The van der Waals surface area contributed by atoms with Gasteiger partial charge >= 0.3 is 0 Å². The molecule has 0 aliphatic heterocycles. The molecule has 20 heavy (non-hydrogen) atoms. The lowest BCUT2D eigenvalue weighted by Gasteiger charge is -2.13. The molecule has 0 saturated heterocycles. The van der Waals surface area contributed by atoms with Crippen LogP contribution in [0.4, 0.5) is 4.39 Å². The van der Waals surface area contributed by atoms with Crippen LogP contribution in [-0.2, 0) is 13.2 Å². The van der Waals surface area contributed by atoms with Crippen LogP contribution in [0.3, 0.4) is 0 Å². The van der Waals surface area contributed by atoms with Gasteiger partial charge in [-0.3, -0.25) is 0 Å². The molecular formula is C17H20FNO. The quantitative estimate of drug-likeness (QED) is 0.896. The second kappa shape index (κ2) is 6.53. The Morgan fingerprint density at radius 1 is 1.10 bits per heavy atom. The summed E-state index contributed by atoms with van der Waals surface area (Å²) in [5.41, 5.74) is 4.26. The fourth-order valence-corrected chi connectivity index (χ4v) is 2.35. The van der Waals surface area contributed by atoms with E-state index in [1.165, 1.54) is 17.2 Å². The monoisotopic (exact) mass is 273 g/mol. The van der Waals surface area contributed by atoms with E-state index in [4.69, 9.17) is 4.74 Å². The molecule has 0 bridgehead atoms. The number of hydrogen-bond donors (Lipinski definition) is 1. The lowest BCUT2D eigenvalue weighted by atomic mass is 10.1. The molecule has 2 nitrogen and oxygen atoms in total. The van der Waals surface area contributed by atoms with Crippen LogP contribution in [0.5, 0.6) is 5.75 Å². The predicted molar refractivity (Wildman–Crippen MR) is 79.4 cm³/mol. The fraction of sp³-hybridized carbons (Fsp3) is 0.294. The van der Waals surface area contributed by atoms with Crippen molar-refractivity contribution in [1.29, 1.82) is 0 Å². The first-order valence-corrected chi connectivity index (χ1v) is 6.72. The van der Waals surface area contributed by atoms with Gasteiger partial charge in [0.2, 0.25) is 0 Å². The molecule has 0 amide bonds. The van der Waals surface area contributed by atoms with E-state index in [-0.39, 0.29) is 5.82 Å². The number of halogens is 1. The molecule has 0 fully saturated rings. The molecule has 106 valence electrons. The molecule has 0 spiro atoms. The molecular weight excluding hydrogens is 253 g/mol. The molecule has 0 atom stereocenters. The van der Waals surface area contributed by atoms with Crippen molar-refractivity contribution in [2.75, 3.05) is 7.05 Å². The number of para-hydroxylation sites is 1. The molecule has 0 radical (unpaired) electrons. The highest BCUT2D eigenvalue weighted by Crippen LogP contribution is 2.24. The van der Waals surface area contributed by atoms with Gasteiger partial charge in [0.15, 0.2) is 11.6 Å². The van der Waals surface area contributed by atoms with Gasteiger partial charge in [0.25, 0.3) is 0 Å². The standard InChI is InChI=1S/C17H20FNO/c1-12-7-13(2)9-14(8-12)11-20-17-15(10-19-3)5-4-6-16(17)18/h4-9,19H,10-11H2,1-3H3. The van der Waals surface area contributed by atoms with Gasteiger partial charge in [0.05, 0.1) is 0 Å². The van der Waals surface area contributed by atoms with Gasteiger partial charge in [-0.2, -0.15) is 0 Å². The van der Waals surface area contributed by atoms with E-state index >= 15 is 0 Å². The van der Waals surface area contributed by atoms with Crippen molar-refractivity contribution in [3.05, 3.63) is 64.5 Å². The van der Waals surface area contributed by atoms with Crippen LogP contribution in [-0.4, -0.2) is 7.05 Å². The van der Waals surface area contributed by atoms with Gasteiger partial charge in [0, 0.05) is 12.1 Å². The lowest BCUT2D eigenvalue weighted by Crippen LogP contribution is -2.08. The Hall–Kier alpha value is -1.87. The highest BCUT2D eigenvalue weighted by atomic mass is 19.1. The first-order chi connectivity index (χ1) is 9.60. The van der Waals surface area contributed by atoms with Crippen LogP contribution in [0.15, 0.2) is 36.4 Å². The highest BCUT2D eigenvalue weighted by Gasteiger charge is 2.09. The Balaban J connectivity index is 2.18. The summed E-state index contributed by atoms with van der Waals surface area (Å²) in [6.07, 6.45) is 0. The summed E-state index contributed by atoms with van der Waals surface area (Å²) in [7, 11) is 1.83. The van der Waals surface area contributed by atoms with E-state index in [0.717, 1.165) is 11.1 Å². The minimum Gasteiger partial charge on any atom is -0.485 e. The maximum Gasteiger partial charge on any atom is 0.165 e. The van der Waals surface area contributed by atoms with Gasteiger partial charge in [-0.15, -0.1) is 0 Å². The second-order valence-corrected chi connectivity index (χ2v) is 5.04. The van der Waals surface area contributed by atoms with Gasteiger partial charge in [-0.05, 0) is 32.5 Å². The Labute approximate surface area is 119 Å². The Morgan fingerprint density at radius 2 is 1.80 bits per heavy atom. The predicted octanol–water partition coefficient (Wildman–Crippen LogP) is 3.74. The molecule has 2 aromatic carbocycles. The summed E-state index contributed by atoms with van der Waals surface area (Å²) < 4.78 is 19.6. The van der Waals surface area contributed by atoms with Crippen molar-refractivity contribution >= 4 is 0 Å². The van der Waals surface area contributed by atoms with E-state index in [1.54, 1.807) is 6.07 Å². The van der Waals surface area contributed by atoms with E-state index in [2.05, 4.69) is 23.5 Å². The molecule has 3 heteroatoms. The van der Waals surface area contributed by atoms with Crippen LogP contribution in [0.1, 0.15) is 22.3 Å². The topological polar surface area (TPSA) is 21.3 Å². The maximum atomic E-state index is 13.9. The van der Waals surface area contributed by atoms with E-state index < -0.39 is 0 Å². The third-order valence-corrected chi connectivity index (χ3v) is 3.08. The van der Waals surface area contributed by atoms with Gasteiger partial charge in [-0.1, -0.05) is 41.5 Å². The van der Waals surface area contributed by atoms with E-state index in [9.17, 15) is 4.39 Å². The average Bonchev–Trinajstić information content (AvgIpc) is 2.37. The Morgan fingerprint density at radius 3 is 2.45 bits per heavy atom. The van der Waals surface area contributed by atoms with Crippen molar-refractivity contribution in [3.63, 3.8) is 0 Å². The number of benzene rings is 2. The summed E-state index contributed by atoms with van der Waals surface area (Å²) in [6, 6.07) is 11.2. The largest absolute Gasteiger partial charge is 0.485 e. The lowest BCUT2D eigenvalue weighted by molar-refractivity contribution is 0.286. The fourth-order valence-electron chi connectivity index (χ4n) is 2.35. The van der Waals surface area contributed by atoms with Crippen LogP contribution in [0.25, 0.3) is 0 Å². The first kappa shape index (κ1) is 14.5. The molecule has 0 heterocycles. The zero-order valence-corrected chi connectivity index (χ0v) is 12.2. The summed E-state index contributed by atoms with van der Waals surface area (Å²) >= 11 is 0. The molecule has 0 unspecified atom stereocenters. The maximum absolute atomic E-state index is 13.9. The molecule has 0 aromatic heterocycles. The van der Waals surface area contributed by atoms with E-state index in [1.807, 2.05) is 27.0 Å². The molecule has 0 aliphatic carbocycles. The molecule has 2 rings (SSSR count). The number of hydrogen-bond acceptors (Lipinski definition) is 2. The van der Waals surface area contributed by atoms with Crippen molar-refractivity contribution in [1.82, 2.24) is 5.32 Å². The van der Waals surface area contributed by atoms with Gasteiger partial charge < -0.3 is 10.1 Å². The number of nitrogens with one attached hydrogen (secondary N) is 1. The smallest absolute Gasteiger partial charge is 0.165 e. The third-order valence-electron chi connectivity index (χ3n) is 3.08. The highest BCUT2D eigenvalue weighted by molar-refractivity contribution is 5.35.